The van der Waals surface area contributed by atoms with Crippen LogP contribution in [-0.4, -0.2) is 50.4 Å². The summed E-state index contributed by atoms with van der Waals surface area (Å²) in [6.45, 7) is 21.6. The predicted octanol–water partition coefficient (Wildman–Crippen LogP) is 4.98. The molecule has 0 aromatic carbocycles. The Morgan fingerprint density at radius 3 is 2.18 bits per heavy atom. The fourth-order valence-electron chi connectivity index (χ4n) is 3.13. The summed E-state index contributed by atoms with van der Waals surface area (Å²) in [5.74, 6) is -0.973. The van der Waals surface area contributed by atoms with Crippen molar-refractivity contribution in [3.05, 3.63) is 32.9 Å². The summed E-state index contributed by atoms with van der Waals surface area (Å²) >= 11 is 6.52. The van der Waals surface area contributed by atoms with Crippen molar-refractivity contribution in [1.82, 2.24) is 9.55 Å². The SMILES string of the molecule is CC(C)(C)[Si](C)(C)OC[C@@]1(CCl)O[C@@H](n2cc(F)c(=O)[nH]c2=O)C[C@@H]1O[Si](C)(C)C(C)(C)C. The summed E-state index contributed by atoms with van der Waals surface area (Å²) in [5, 5.41) is -0.0857. The van der Waals surface area contributed by atoms with Gasteiger partial charge >= 0.3 is 5.69 Å². The van der Waals surface area contributed by atoms with Crippen LogP contribution in [0.2, 0.25) is 36.3 Å². The first-order valence-electron chi connectivity index (χ1n) is 11.3. The van der Waals surface area contributed by atoms with Crippen molar-refractivity contribution in [1.29, 1.82) is 0 Å². The Hall–Kier alpha value is -0.786. The lowest BCUT2D eigenvalue weighted by molar-refractivity contribution is -0.109. The molecule has 33 heavy (non-hydrogen) atoms. The third-order valence-electron chi connectivity index (χ3n) is 7.56. The second kappa shape index (κ2) is 9.35. The molecule has 0 bridgehead atoms. The number of alkyl halides is 1. The zero-order chi connectivity index (χ0) is 25.6. The first kappa shape index (κ1) is 28.5. The van der Waals surface area contributed by atoms with Crippen molar-refractivity contribution in [3.63, 3.8) is 0 Å². The van der Waals surface area contributed by atoms with E-state index in [9.17, 15) is 14.0 Å². The number of hydrogen-bond donors (Lipinski definition) is 1. The third-order valence-corrected chi connectivity index (χ3v) is 17.0. The van der Waals surface area contributed by atoms with E-state index in [0.29, 0.717) is 0 Å². The Bertz CT molecular complexity index is 967. The van der Waals surface area contributed by atoms with Gasteiger partial charge in [0.25, 0.3) is 5.56 Å². The van der Waals surface area contributed by atoms with Gasteiger partial charge < -0.3 is 13.6 Å². The summed E-state index contributed by atoms with van der Waals surface area (Å²) in [5.41, 5.74) is -2.83. The van der Waals surface area contributed by atoms with Crippen LogP contribution in [0.4, 0.5) is 4.39 Å². The summed E-state index contributed by atoms with van der Waals surface area (Å²) in [6.07, 6.45) is -0.146. The number of hydrogen-bond acceptors (Lipinski definition) is 5. The minimum atomic E-state index is -2.25. The van der Waals surface area contributed by atoms with Crippen LogP contribution in [0, 0.1) is 5.82 Å². The number of rotatable bonds is 7. The van der Waals surface area contributed by atoms with Gasteiger partial charge in [-0.05, 0) is 36.3 Å². The number of halogens is 2. The normalized spacial score (nSPS) is 25.0. The largest absolute Gasteiger partial charge is 0.414 e. The van der Waals surface area contributed by atoms with E-state index in [1.165, 1.54) is 0 Å². The Kier molecular flexibility index (Phi) is 8.06. The maximum absolute atomic E-state index is 14.0. The molecule has 0 spiro atoms. The summed E-state index contributed by atoms with van der Waals surface area (Å²) in [4.78, 5) is 26.0. The Morgan fingerprint density at radius 2 is 1.70 bits per heavy atom. The molecule has 0 unspecified atom stereocenters. The molecule has 0 aliphatic carbocycles. The highest BCUT2D eigenvalue weighted by Gasteiger charge is 2.54. The molecule has 190 valence electrons. The number of H-pyrrole nitrogens is 1. The molecule has 1 aliphatic rings. The van der Waals surface area contributed by atoms with Crippen molar-refractivity contribution in [3.8, 4) is 0 Å². The minimum Gasteiger partial charge on any atom is -0.414 e. The van der Waals surface area contributed by atoms with Crippen LogP contribution in [0.3, 0.4) is 0 Å². The van der Waals surface area contributed by atoms with Gasteiger partial charge in [0.05, 0.1) is 24.8 Å². The molecule has 2 rings (SSSR count). The number of ether oxygens (including phenoxy) is 1. The van der Waals surface area contributed by atoms with Crippen molar-refractivity contribution < 1.29 is 18.0 Å². The number of nitrogens with zero attached hydrogens (tertiary/aromatic N) is 1. The van der Waals surface area contributed by atoms with Gasteiger partial charge in [-0.1, -0.05) is 41.5 Å². The highest BCUT2D eigenvalue weighted by Crippen LogP contribution is 2.46. The summed E-state index contributed by atoms with van der Waals surface area (Å²) in [6, 6.07) is 0. The minimum absolute atomic E-state index is 0.0206. The average molecular weight is 523 g/mol. The molecule has 11 heteroatoms. The monoisotopic (exact) mass is 522 g/mol. The second-order valence-corrected chi connectivity index (χ2v) is 21.9. The molecular weight excluding hydrogens is 483 g/mol. The van der Waals surface area contributed by atoms with Crippen LogP contribution in [0.15, 0.2) is 15.8 Å². The van der Waals surface area contributed by atoms with Crippen molar-refractivity contribution in [2.24, 2.45) is 0 Å². The smallest absolute Gasteiger partial charge is 0.330 e. The van der Waals surface area contributed by atoms with E-state index in [-0.39, 0.29) is 29.0 Å². The van der Waals surface area contributed by atoms with E-state index in [1.807, 2.05) is 4.98 Å². The van der Waals surface area contributed by atoms with Crippen molar-refractivity contribution >= 4 is 28.2 Å². The molecule has 0 saturated carbocycles. The second-order valence-electron chi connectivity index (χ2n) is 12.1. The molecule has 7 nitrogen and oxygen atoms in total. The molecular formula is C22H40ClFN2O5Si2. The first-order chi connectivity index (χ1) is 14.8. The van der Waals surface area contributed by atoms with Gasteiger partial charge in [-0.25, -0.2) is 4.79 Å². The van der Waals surface area contributed by atoms with Gasteiger partial charge in [0.1, 0.15) is 11.8 Å². The molecule has 2 heterocycles. The molecule has 1 N–H and O–H groups in total. The van der Waals surface area contributed by atoms with Crippen LogP contribution >= 0.6 is 11.6 Å². The van der Waals surface area contributed by atoms with Crippen LogP contribution in [0.1, 0.15) is 54.2 Å². The van der Waals surface area contributed by atoms with Gasteiger partial charge in [0.2, 0.25) is 5.82 Å². The standard InChI is InChI=1S/C22H40ClFN2O5Si2/c1-20(2,3)32(7,8)29-14-22(13-23)16(31-33(9,10)21(4,5)6)11-17(30-22)26-12-15(24)18(27)25-19(26)28/h12,16-17H,11,13-14H2,1-10H3,(H,25,27,28)/t16-,17+,22+/m0/s1. The van der Waals surface area contributed by atoms with E-state index in [2.05, 4.69) is 67.7 Å². The Labute approximate surface area is 203 Å². The van der Waals surface area contributed by atoms with E-state index >= 15 is 0 Å². The molecule has 1 aromatic rings. The molecule has 1 saturated heterocycles. The van der Waals surface area contributed by atoms with Crippen molar-refractivity contribution in [2.45, 2.75) is 102 Å². The fraction of sp³-hybridized carbons (Fsp3) is 0.818. The van der Waals surface area contributed by atoms with Crippen LogP contribution in [0.25, 0.3) is 0 Å². The van der Waals surface area contributed by atoms with E-state index in [0.717, 1.165) is 10.8 Å². The van der Waals surface area contributed by atoms with Crippen LogP contribution in [-0.2, 0) is 13.6 Å². The van der Waals surface area contributed by atoms with E-state index in [4.69, 9.17) is 25.2 Å². The number of aromatic amines is 1. The van der Waals surface area contributed by atoms with Gasteiger partial charge in [-0.3, -0.25) is 14.3 Å². The summed E-state index contributed by atoms with van der Waals surface area (Å²) < 4.78 is 34.7. The molecule has 1 aliphatic heterocycles. The lowest BCUT2D eigenvalue weighted by Gasteiger charge is -2.44. The van der Waals surface area contributed by atoms with Gasteiger partial charge in [0, 0.05) is 6.42 Å². The zero-order valence-corrected chi connectivity index (χ0v) is 24.4. The van der Waals surface area contributed by atoms with Gasteiger partial charge in [0.15, 0.2) is 16.6 Å². The third kappa shape index (κ3) is 5.90. The van der Waals surface area contributed by atoms with Gasteiger partial charge in [-0.2, -0.15) is 4.39 Å². The Morgan fingerprint density at radius 1 is 1.15 bits per heavy atom. The van der Waals surface area contributed by atoms with E-state index in [1.54, 1.807) is 0 Å². The molecule has 1 aromatic heterocycles. The van der Waals surface area contributed by atoms with Crippen LogP contribution < -0.4 is 11.2 Å². The van der Waals surface area contributed by atoms with Gasteiger partial charge in [-0.15, -0.1) is 11.6 Å². The maximum Gasteiger partial charge on any atom is 0.330 e. The lowest BCUT2D eigenvalue weighted by Crippen LogP contribution is -2.55. The molecule has 0 radical (unpaired) electrons. The molecule has 1 fully saturated rings. The number of aromatic nitrogens is 2. The highest BCUT2D eigenvalue weighted by molar-refractivity contribution is 6.74. The maximum atomic E-state index is 14.0. The topological polar surface area (TPSA) is 82.5 Å². The summed E-state index contributed by atoms with van der Waals surface area (Å²) in [7, 11) is -4.40. The number of nitrogens with one attached hydrogen (secondary N) is 1. The Balaban J connectivity index is 2.49. The quantitative estimate of drug-likeness (QED) is 0.403. The van der Waals surface area contributed by atoms with E-state index < -0.39 is 51.6 Å². The predicted molar refractivity (Wildman–Crippen MR) is 135 cm³/mol. The lowest BCUT2D eigenvalue weighted by atomic mass is 10.0. The molecule has 0 amide bonds. The fourth-order valence-corrected chi connectivity index (χ4v) is 5.85. The highest BCUT2D eigenvalue weighted by atomic mass is 35.5. The van der Waals surface area contributed by atoms with Crippen LogP contribution in [0.5, 0.6) is 0 Å². The average Bonchev–Trinajstić information content (AvgIpc) is 2.99. The zero-order valence-electron chi connectivity index (χ0n) is 21.6. The first-order valence-corrected chi connectivity index (χ1v) is 17.7. The molecule has 3 atom stereocenters. The van der Waals surface area contributed by atoms with Crippen molar-refractivity contribution in [2.75, 3.05) is 12.5 Å².